The number of amides is 1. The molecular formula is C25H24ClN3O4S. The number of nitriles is 1. The molecule has 0 radical (unpaired) electrons. The van der Waals surface area contributed by atoms with E-state index in [2.05, 4.69) is 11.4 Å². The molecule has 0 saturated carbocycles. The van der Waals surface area contributed by atoms with E-state index >= 15 is 0 Å². The Balaban J connectivity index is 1.75. The summed E-state index contributed by atoms with van der Waals surface area (Å²) in [4.78, 5) is 12.7. The van der Waals surface area contributed by atoms with Gasteiger partial charge in [-0.3, -0.25) is 4.79 Å². The average molecular weight is 498 g/mol. The lowest BCUT2D eigenvalue weighted by molar-refractivity contribution is 0.102. The van der Waals surface area contributed by atoms with E-state index in [1.54, 1.807) is 56.3 Å². The van der Waals surface area contributed by atoms with Crippen molar-refractivity contribution in [2.75, 3.05) is 18.4 Å². The van der Waals surface area contributed by atoms with E-state index in [0.717, 1.165) is 5.56 Å². The van der Waals surface area contributed by atoms with Gasteiger partial charge in [-0.1, -0.05) is 43.6 Å². The predicted octanol–water partition coefficient (Wildman–Crippen LogP) is 5.07. The molecule has 0 fully saturated rings. The Morgan fingerprint density at radius 3 is 2.50 bits per heavy atom. The van der Waals surface area contributed by atoms with Gasteiger partial charge < -0.3 is 10.1 Å². The molecule has 7 nitrogen and oxygen atoms in total. The fourth-order valence-corrected chi connectivity index (χ4v) is 5.27. The largest absolute Gasteiger partial charge is 0.489 e. The molecule has 0 atom stereocenters. The van der Waals surface area contributed by atoms with Crippen LogP contribution < -0.4 is 10.1 Å². The molecule has 0 unspecified atom stereocenters. The number of hydrogen-bond acceptors (Lipinski definition) is 5. The fraction of sp³-hybridized carbons (Fsp3) is 0.200. The van der Waals surface area contributed by atoms with Crippen LogP contribution in [0.3, 0.4) is 0 Å². The summed E-state index contributed by atoms with van der Waals surface area (Å²) in [5.74, 6) is 0.0487. The van der Waals surface area contributed by atoms with Gasteiger partial charge in [-0.15, -0.1) is 0 Å². The maximum Gasteiger partial charge on any atom is 0.255 e. The zero-order chi connectivity index (χ0) is 24.7. The molecule has 0 aliphatic rings. The van der Waals surface area contributed by atoms with Crippen molar-refractivity contribution in [2.24, 2.45) is 0 Å². The van der Waals surface area contributed by atoms with E-state index in [4.69, 9.17) is 21.6 Å². The summed E-state index contributed by atoms with van der Waals surface area (Å²) in [5, 5.41) is 11.8. The first-order valence-corrected chi connectivity index (χ1v) is 12.4. The van der Waals surface area contributed by atoms with Gasteiger partial charge in [0.05, 0.1) is 16.7 Å². The number of ether oxygens (including phenoxy) is 1. The van der Waals surface area contributed by atoms with Crippen LogP contribution in [-0.2, 0) is 16.6 Å². The molecular weight excluding hydrogens is 474 g/mol. The highest BCUT2D eigenvalue weighted by atomic mass is 35.5. The molecule has 3 aromatic rings. The summed E-state index contributed by atoms with van der Waals surface area (Å²) >= 11 is 6.16. The lowest BCUT2D eigenvalue weighted by Gasteiger charge is -2.19. The summed E-state index contributed by atoms with van der Waals surface area (Å²) in [6.45, 7) is 4.32. The minimum atomic E-state index is -3.82. The lowest BCUT2D eigenvalue weighted by Crippen LogP contribution is -2.31. The van der Waals surface area contributed by atoms with Crippen molar-refractivity contribution in [1.29, 1.82) is 5.26 Å². The number of sulfonamides is 1. The van der Waals surface area contributed by atoms with Gasteiger partial charge in [-0.2, -0.15) is 9.57 Å². The molecule has 0 aliphatic heterocycles. The molecule has 176 valence electrons. The second kappa shape index (κ2) is 11.2. The summed E-state index contributed by atoms with van der Waals surface area (Å²) in [6.07, 6.45) is 0. The van der Waals surface area contributed by atoms with Crippen LogP contribution in [0.5, 0.6) is 5.75 Å². The van der Waals surface area contributed by atoms with Crippen molar-refractivity contribution in [3.05, 3.63) is 88.4 Å². The highest BCUT2D eigenvalue weighted by Crippen LogP contribution is 2.27. The highest BCUT2D eigenvalue weighted by Gasteiger charge is 2.25. The minimum absolute atomic E-state index is 0.0549. The molecule has 0 aromatic heterocycles. The van der Waals surface area contributed by atoms with Crippen molar-refractivity contribution >= 4 is 33.2 Å². The van der Waals surface area contributed by atoms with Crippen molar-refractivity contribution in [2.45, 2.75) is 25.3 Å². The molecule has 0 spiro atoms. The summed E-state index contributed by atoms with van der Waals surface area (Å²) < 4.78 is 32.9. The molecule has 34 heavy (non-hydrogen) atoms. The van der Waals surface area contributed by atoms with Crippen LogP contribution >= 0.6 is 11.6 Å². The number of hydrogen-bond donors (Lipinski definition) is 1. The van der Waals surface area contributed by atoms with Crippen molar-refractivity contribution in [1.82, 2.24) is 4.31 Å². The fourth-order valence-electron chi connectivity index (χ4n) is 3.31. The Bertz CT molecular complexity index is 1330. The maximum absolute atomic E-state index is 12.9. The Labute approximate surface area is 204 Å². The first kappa shape index (κ1) is 25.2. The van der Waals surface area contributed by atoms with E-state index in [9.17, 15) is 13.2 Å². The van der Waals surface area contributed by atoms with E-state index in [0.29, 0.717) is 30.1 Å². The molecule has 1 N–H and O–H groups in total. The van der Waals surface area contributed by atoms with Crippen LogP contribution in [-0.4, -0.2) is 31.7 Å². The third kappa shape index (κ3) is 5.94. The van der Waals surface area contributed by atoms with Crippen LogP contribution in [0.1, 0.15) is 35.3 Å². The number of nitrogens with zero attached hydrogens (tertiary/aromatic N) is 2. The standard InChI is InChI=1S/C25H24ClN3O4S/c1-3-29(4-2)34(31,32)24-14-20(11-12-23(24)26)25(30)28-21-9-6-10-22(15-21)33-17-19-8-5-7-18(13-19)16-27/h5-15H,3-4,17H2,1-2H3,(H,28,30). The molecule has 9 heteroatoms. The average Bonchev–Trinajstić information content (AvgIpc) is 2.84. The third-order valence-corrected chi connectivity index (χ3v) is 7.60. The number of carbonyl (C=O) groups excluding carboxylic acids is 1. The summed E-state index contributed by atoms with van der Waals surface area (Å²) in [6, 6.07) is 20.2. The second-order valence-electron chi connectivity index (χ2n) is 7.32. The van der Waals surface area contributed by atoms with Crippen LogP contribution in [0.25, 0.3) is 0 Å². The Hall–Kier alpha value is -3.38. The highest BCUT2D eigenvalue weighted by molar-refractivity contribution is 7.89. The third-order valence-electron chi connectivity index (χ3n) is 5.07. The topological polar surface area (TPSA) is 99.5 Å². The second-order valence-corrected chi connectivity index (χ2v) is 9.63. The normalized spacial score (nSPS) is 11.1. The molecule has 3 aromatic carbocycles. The van der Waals surface area contributed by atoms with Gasteiger partial charge >= 0.3 is 0 Å². The molecule has 3 rings (SSSR count). The van der Waals surface area contributed by atoms with Gasteiger partial charge in [0.2, 0.25) is 10.0 Å². The van der Waals surface area contributed by atoms with Crippen LogP contribution in [0.2, 0.25) is 5.02 Å². The van der Waals surface area contributed by atoms with E-state index in [1.165, 1.54) is 22.5 Å². The van der Waals surface area contributed by atoms with E-state index < -0.39 is 15.9 Å². The Kier molecular flexibility index (Phi) is 8.29. The first-order valence-electron chi connectivity index (χ1n) is 10.6. The molecule has 0 bridgehead atoms. The number of anilines is 1. The number of nitrogens with one attached hydrogen (secondary N) is 1. The number of benzene rings is 3. The number of carbonyl (C=O) groups is 1. The van der Waals surface area contributed by atoms with Crippen molar-refractivity contribution < 1.29 is 17.9 Å². The van der Waals surface area contributed by atoms with Crippen LogP contribution in [0.4, 0.5) is 5.69 Å². The van der Waals surface area contributed by atoms with E-state index in [-0.39, 0.29) is 22.1 Å². The van der Waals surface area contributed by atoms with Crippen molar-refractivity contribution in [3.63, 3.8) is 0 Å². The Morgan fingerprint density at radius 2 is 1.79 bits per heavy atom. The first-order chi connectivity index (χ1) is 16.3. The molecule has 0 aliphatic carbocycles. The zero-order valence-corrected chi connectivity index (χ0v) is 20.4. The maximum atomic E-state index is 12.9. The van der Waals surface area contributed by atoms with Gasteiger partial charge in [0.1, 0.15) is 17.3 Å². The number of halogens is 1. The van der Waals surface area contributed by atoms with Crippen LogP contribution in [0, 0.1) is 11.3 Å². The predicted molar refractivity (Wildman–Crippen MR) is 131 cm³/mol. The van der Waals surface area contributed by atoms with Crippen molar-refractivity contribution in [3.8, 4) is 11.8 Å². The summed E-state index contributed by atoms with van der Waals surface area (Å²) in [7, 11) is -3.82. The Morgan fingerprint density at radius 1 is 1.06 bits per heavy atom. The zero-order valence-electron chi connectivity index (χ0n) is 18.8. The van der Waals surface area contributed by atoms with E-state index in [1.807, 2.05) is 6.07 Å². The van der Waals surface area contributed by atoms with Gasteiger partial charge in [-0.25, -0.2) is 8.42 Å². The summed E-state index contributed by atoms with van der Waals surface area (Å²) in [5.41, 5.74) is 2.04. The lowest BCUT2D eigenvalue weighted by atomic mass is 10.1. The van der Waals surface area contributed by atoms with Gasteiger partial charge in [0, 0.05) is 30.4 Å². The van der Waals surface area contributed by atoms with Gasteiger partial charge in [0.25, 0.3) is 5.91 Å². The van der Waals surface area contributed by atoms with Gasteiger partial charge in [0.15, 0.2) is 0 Å². The number of rotatable bonds is 9. The SMILES string of the molecule is CCN(CC)S(=O)(=O)c1cc(C(=O)Nc2cccc(OCc3cccc(C#N)c3)c2)ccc1Cl. The quantitative estimate of drug-likeness (QED) is 0.444. The monoisotopic (exact) mass is 497 g/mol. The molecule has 1 amide bonds. The van der Waals surface area contributed by atoms with Gasteiger partial charge in [-0.05, 0) is 48.0 Å². The smallest absolute Gasteiger partial charge is 0.255 e. The minimum Gasteiger partial charge on any atom is -0.489 e. The molecule has 0 saturated heterocycles. The van der Waals surface area contributed by atoms with Crippen LogP contribution in [0.15, 0.2) is 71.6 Å². The molecule has 0 heterocycles.